The molecular weight excluding hydrogens is 571 g/mol. The molecule has 0 aliphatic carbocycles. The number of nitrogens with two attached hydrogens (primary N) is 1. The fourth-order valence-electron chi connectivity index (χ4n) is 4.87. The normalized spacial score (nSPS) is 22.2. The number of ether oxygens (including phenoxy) is 1. The van der Waals surface area contributed by atoms with E-state index in [4.69, 9.17) is 10.5 Å². The lowest BCUT2D eigenvalue weighted by Gasteiger charge is -2.32. The molecule has 2 unspecified atom stereocenters. The van der Waals surface area contributed by atoms with Crippen molar-refractivity contribution < 1.29 is 35.9 Å². The lowest BCUT2D eigenvalue weighted by molar-refractivity contribution is -0.150. The van der Waals surface area contributed by atoms with Gasteiger partial charge in [-0.25, -0.2) is 0 Å². The number of halogens is 3. The molecular formula is C30H32F3N3O5S. The van der Waals surface area contributed by atoms with Crippen molar-refractivity contribution in [1.82, 2.24) is 5.32 Å². The van der Waals surface area contributed by atoms with Crippen molar-refractivity contribution in [1.29, 1.82) is 0 Å². The Morgan fingerprint density at radius 1 is 0.929 bits per heavy atom. The highest BCUT2D eigenvalue weighted by Crippen LogP contribution is 2.32. The highest BCUT2D eigenvalue weighted by atomic mass is 32.2. The SMILES string of the molecule is CN(c1cc2cc(c1)C(=O)NC(C)(c1ccccc1)CCc1cccc(c1)CC(C)(N)C(=O)OC2)S(=O)(=O)C(F)(F)F. The number of alkyl halides is 3. The van der Waals surface area contributed by atoms with Crippen LogP contribution >= 0.6 is 0 Å². The third-order valence-electron chi connectivity index (χ3n) is 7.37. The maximum absolute atomic E-state index is 13.7. The average Bonchev–Trinajstić information content (AvgIpc) is 2.93. The van der Waals surface area contributed by atoms with Gasteiger partial charge in [0.05, 0.1) is 11.2 Å². The third-order valence-corrected chi connectivity index (χ3v) is 8.89. The lowest BCUT2D eigenvalue weighted by atomic mass is 9.85. The largest absolute Gasteiger partial charge is 0.516 e. The van der Waals surface area contributed by atoms with Gasteiger partial charge in [-0.15, -0.1) is 0 Å². The molecule has 1 aliphatic heterocycles. The van der Waals surface area contributed by atoms with Gasteiger partial charge in [-0.05, 0) is 67.1 Å². The quantitative estimate of drug-likeness (QED) is 0.424. The Morgan fingerprint density at radius 2 is 1.60 bits per heavy atom. The number of cyclic esters (lactones) is 1. The molecule has 3 aromatic rings. The van der Waals surface area contributed by atoms with Gasteiger partial charge >= 0.3 is 21.5 Å². The zero-order chi connectivity index (χ0) is 30.9. The molecule has 0 radical (unpaired) electrons. The first-order valence-corrected chi connectivity index (χ1v) is 14.6. The molecule has 2 atom stereocenters. The molecule has 0 aromatic heterocycles. The summed E-state index contributed by atoms with van der Waals surface area (Å²) < 4.78 is 70.0. The molecule has 42 heavy (non-hydrogen) atoms. The Labute approximate surface area is 242 Å². The Balaban J connectivity index is 1.83. The van der Waals surface area contributed by atoms with Crippen LogP contribution in [0.5, 0.6) is 0 Å². The van der Waals surface area contributed by atoms with Crippen LogP contribution in [0.15, 0.2) is 72.8 Å². The highest BCUT2D eigenvalue weighted by molar-refractivity contribution is 7.93. The number of hydrogen-bond donors (Lipinski definition) is 2. The first-order chi connectivity index (χ1) is 19.5. The number of nitrogens with one attached hydrogen (secondary N) is 1. The van der Waals surface area contributed by atoms with Gasteiger partial charge in [-0.2, -0.15) is 21.6 Å². The summed E-state index contributed by atoms with van der Waals surface area (Å²) >= 11 is 0. The van der Waals surface area contributed by atoms with E-state index in [1.54, 1.807) is 0 Å². The van der Waals surface area contributed by atoms with Crippen LogP contribution in [-0.4, -0.2) is 38.4 Å². The van der Waals surface area contributed by atoms with E-state index in [-0.39, 0.29) is 21.9 Å². The highest BCUT2D eigenvalue weighted by Gasteiger charge is 2.49. The number of hydrogen-bond acceptors (Lipinski definition) is 6. The van der Waals surface area contributed by atoms with Crippen LogP contribution in [-0.2, 0) is 44.5 Å². The summed E-state index contributed by atoms with van der Waals surface area (Å²) in [6.45, 7) is 2.89. The van der Waals surface area contributed by atoms with E-state index < -0.39 is 50.8 Å². The number of sulfonamides is 1. The van der Waals surface area contributed by atoms with Crippen molar-refractivity contribution in [2.24, 2.45) is 5.73 Å². The van der Waals surface area contributed by atoms with Crippen molar-refractivity contribution >= 4 is 27.6 Å². The minimum atomic E-state index is -5.78. The van der Waals surface area contributed by atoms with Crippen LogP contribution in [0, 0.1) is 0 Å². The van der Waals surface area contributed by atoms with E-state index >= 15 is 0 Å². The maximum atomic E-state index is 13.7. The molecule has 1 aliphatic rings. The van der Waals surface area contributed by atoms with Gasteiger partial charge in [-0.1, -0.05) is 54.6 Å². The van der Waals surface area contributed by atoms with Crippen LogP contribution in [0.2, 0.25) is 0 Å². The van der Waals surface area contributed by atoms with E-state index in [1.165, 1.54) is 13.0 Å². The first kappa shape index (κ1) is 31.0. The van der Waals surface area contributed by atoms with Crippen LogP contribution < -0.4 is 15.4 Å². The van der Waals surface area contributed by atoms with E-state index in [0.29, 0.717) is 12.8 Å². The molecule has 4 bridgehead atoms. The Morgan fingerprint density at radius 3 is 2.26 bits per heavy atom. The first-order valence-electron chi connectivity index (χ1n) is 13.1. The summed E-state index contributed by atoms with van der Waals surface area (Å²) in [5.41, 5.74) is 0.481. The van der Waals surface area contributed by atoms with Crippen LogP contribution in [0.25, 0.3) is 0 Å². The summed E-state index contributed by atoms with van der Waals surface area (Å²) in [6, 6.07) is 20.3. The van der Waals surface area contributed by atoms with Gasteiger partial charge in [0, 0.05) is 19.0 Å². The van der Waals surface area contributed by atoms with Crippen LogP contribution in [0.3, 0.4) is 0 Å². The Hall–Kier alpha value is -3.90. The van der Waals surface area contributed by atoms with Crippen molar-refractivity contribution in [3.05, 3.63) is 101 Å². The molecule has 0 saturated carbocycles. The van der Waals surface area contributed by atoms with Crippen molar-refractivity contribution in [2.45, 2.75) is 56.3 Å². The minimum Gasteiger partial charge on any atom is -0.459 e. The van der Waals surface area contributed by atoms with Gasteiger partial charge < -0.3 is 15.8 Å². The summed E-state index contributed by atoms with van der Waals surface area (Å²) in [5.74, 6) is -1.43. The molecule has 4 rings (SSSR count). The number of anilines is 1. The minimum absolute atomic E-state index is 0.0450. The summed E-state index contributed by atoms with van der Waals surface area (Å²) in [5, 5.41) is 3.01. The van der Waals surface area contributed by atoms with Crippen molar-refractivity contribution in [3.8, 4) is 0 Å². The number of benzene rings is 3. The molecule has 1 amide bonds. The molecule has 224 valence electrons. The second-order valence-corrected chi connectivity index (χ2v) is 12.9. The van der Waals surface area contributed by atoms with E-state index in [2.05, 4.69) is 5.32 Å². The second-order valence-electron chi connectivity index (χ2n) is 10.9. The maximum Gasteiger partial charge on any atom is 0.516 e. The predicted molar refractivity (Wildman–Crippen MR) is 152 cm³/mol. The van der Waals surface area contributed by atoms with Crippen LogP contribution in [0.4, 0.5) is 18.9 Å². The molecule has 0 spiro atoms. The smallest absolute Gasteiger partial charge is 0.459 e. The Bertz CT molecular complexity index is 1590. The van der Waals surface area contributed by atoms with Crippen LogP contribution in [0.1, 0.15) is 52.9 Å². The molecule has 3 N–H and O–H groups in total. The topological polar surface area (TPSA) is 119 Å². The van der Waals surface area contributed by atoms with Gasteiger partial charge in [0.2, 0.25) is 0 Å². The zero-order valence-electron chi connectivity index (χ0n) is 23.4. The number of amides is 1. The van der Waals surface area contributed by atoms with Gasteiger partial charge in [-0.3, -0.25) is 13.9 Å². The number of aryl methyl sites for hydroxylation is 1. The summed E-state index contributed by atoms with van der Waals surface area (Å²) in [4.78, 5) is 26.6. The standard InChI is InChI=1S/C30H32F3N3O5S/c1-28(34)18-21-9-7-8-20(14-21)12-13-29(2,24-10-5-4-6-11-24)35-26(37)23-15-22(19-41-27(28)38)16-25(17-23)36(3)42(39,40)30(31,32)33/h4-11,14-17H,12-13,18-19,34H2,1-3H3,(H,35,37). The molecule has 0 fully saturated rings. The number of carbonyl (C=O) groups excluding carboxylic acids is 2. The zero-order valence-corrected chi connectivity index (χ0v) is 24.2. The van der Waals surface area contributed by atoms with Crippen molar-refractivity contribution in [3.63, 3.8) is 0 Å². The van der Waals surface area contributed by atoms with E-state index in [9.17, 15) is 31.2 Å². The monoisotopic (exact) mass is 603 g/mol. The van der Waals surface area contributed by atoms with Gasteiger partial charge in [0.1, 0.15) is 12.1 Å². The molecule has 12 heteroatoms. The Kier molecular flexibility index (Phi) is 8.43. The third kappa shape index (κ3) is 6.60. The molecule has 8 nitrogen and oxygen atoms in total. The number of rotatable bonds is 3. The number of nitrogens with zero attached hydrogens (tertiary/aromatic N) is 1. The fourth-order valence-corrected chi connectivity index (χ4v) is 5.56. The number of carbonyl (C=O) groups is 2. The number of esters is 1. The van der Waals surface area contributed by atoms with Gasteiger partial charge in [0.25, 0.3) is 5.91 Å². The summed E-state index contributed by atoms with van der Waals surface area (Å²) in [7, 11) is -5.05. The van der Waals surface area contributed by atoms with E-state index in [0.717, 1.165) is 35.9 Å². The fraction of sp³-hybridized carbons (Fsp3) is 0.333. The molecule has 3 aromatic carbocycles. The van der Waals surface area contributed by atoms with E-state index in [1.807, 2.05) is 61.5 Å². The average molecular weight is 604 g/mol. The molecule has 1 heterocycles. The summed E-state index contributed by atoms with van der Waals surface area (Å²) in [6.07, 6.45) is 1.14. The lowest BCUT2D eigenvalue weighted by Crippen LogP contribution is -2.48. The number of fused-ring (bicyclic) bond motifs is 4. The van der Waals surface area contributed by atoms with Crippen molar-refractivity contribution in [2.75, 3.05) is 11.4 Å². The second kappa shape index (κ2) is 11.4. The predicted octanol–water partition coefficient (Wildman–Crippen LogP) is 4.57. The van der Waals surface area contributed by atoms with Gasteiger partial charge in [0.15, 0.2) is 0 Å². The molecule has 0 saturated heterocycles.